The first kappa shape index (κ1) is 16.7. The zero-order valence-electron chi connectivity index (χ0n) is 13.0. The molecule has 0 saturated carbocycles. The predicted molar refractivity (Wildman–Crippen MR) is 82.8 cm³/mol. The van der Waals surface area contributed by atoms with Gasteiger partial charge in [-0.15, -0.1) is 0 Å². The van der Waals surface area contributed by atoms with Crippen LogP contribution in [0.2, 0.25) is 0 Å². The Morgan fingerprint density at radius 2 is 2.05 bits per heavy atom. The van der Waals surface area contributed by atoms with Gasteiger partial charge in [0.15, 0.2) is 0 Å². The average molecular weight is 287 g/mol. The molecule has 0 aromatic rings. The van der Waals surface area contributed by atoms with E-state index in [1.54, 1.807) is 0 Å². The van der Waals surface area contributed by atoms with Crippen molar-refractivity contribution in [2.75, 3.05) is 12.3 Å². The van der Waals surface area contributed by atoms with Crippen LogP contribution in [0, 0.1) is 5.41 Å². The van der Waals surface area contributed by atoms with Crippen molar-refractivity contribution in [2.45, 2.75) is 71.9 Å². The van der Waals surface area contributed by atoms with Crippen LogP contribution in [0.5, 0.6) is 0 Å². The highest BCUT2D eigenvalue weighted by Gasteiger charge is 2.37. The molecule has 0 aromatic carbocycles. The fourth-order valence-electron chi connectivity index (χ4n) is 2.54. The Hall–Kier alpha value is -0.380. The molecule has 4 heteroatoms. The van der Waals surface area contributed by atoms with E-state index in [1.807, 2.05) is 25.7 Å². The van der Waals surface area contributed by atoms with Crippen LogP contribution >= 0.6 is 12.6 Å². The first-order chi connectivity index (χ1) is 8.64. The lowest BCUT2D eigenvalue weighted by molar-refractivity contribution is -0.00873. The van der Waals surface area contributed by atoms with Gasteiger partial charge in [0.2, 0.25) is 0 Å². The lowest BCUT2D eigenvalue weighted by Gasteiger charge is -2.44. The van der Waals surface area contributed by atoms with Gasteiger partial charge in [-0.2, -0.15) is 12.6 Å². The molecule has 1 unspecified atom stereocenters. The number of nitrogens with zero attached hydrogens (tertiary/aromatic N) is 1. The average Bonchev–Trinajstić information content (AvgIpc) is 2.24. The molecule has 1 fully saturated rings. The smallest absolute Gasteiger partial charge is 0.410 e. The zero-order valence-corrected chi connectivity index (χ0v) is 13.9. The van der Waals surface area contributed by atoms with Crippen molar-refractivity contribution in [3.8, 4) is 0 Å². The number of hydrogen-bond acceptors (Lipinski definition) is 3. The van der Waals surface area contributed by atoms with E-state index in [-0.39, 0.29) is 11.5 Å². The van der Waals surface area contributed by atoms with Gasteiger partial charge in [0.25, 0.3) is 0 Å². The molecule has 1 aliphatic rings. The predicted octanol–water partition coefficient (Wildman–Crippen LogP) is 4.12. The number of carbonyl (C=O) groups excluding carboxylic acids is 1. The molecule has 0 N–H and O–H groups in total. The van der Waals surface area contributed by atoms with Crippen LogP contribution in [0.25, 0.3) is 0 Å². The van der Waals surface area contributed by atoms with Crippen molar-refractivity contribution in [2.24, 2.45) is 5.41 Å². The van der Waals surface area contributed by atoms with Crippen molar-refractivity contribution in [3.05, 3.63) is 0 Å². The minimum atomic E-state index is -0.424. The molecule has 1 rings (SSSR count). The van der Waals surface area contributed by atoms with Gasteiger partial charge in [-0.1, -0.05) is 13.8 Å². The van der Waals surface area contributed by atoms with Crippen LogP contribution in [0.15, 0.2) is 0 Å². The Labute approximate surface area is 123 Å². The van der Waals surface area contributed by atoms with E-state index in [0.717, 1.165) is 31.6 Å². The number of piperidine rings is 1. The number of hydrogen-bond donors (Lipinski definition) is 1. The van der Waals surface area contributed by atoms with Crippen LogP contribution in [-0.4, -0.2) is 34.9 Å². The fourth-order valence-corrected chi connectivity index (χ4v) is 2.73. The molecule has 0 spiro atoms. The van der Waals surface area contributed by atoms with Gasteiger partial charge in [0.1, 0.15) is 5.60 Å². The maximum absolute atomic E-state index is 12.4. The molecular formula is C15H29NO2S. The van der Waals surface area contributed by atoms with E-state index in [0.29, 0.717) is 6.04 Å². The molecule has 112 valence electrons. The third-order valence-electron chi connectivity index (χ3n) is 3.52. The van der Waals surface area contributed by atoms with E-state index < -0.39 is 5.60 Å². The molecule has 0 bridgehead atoms. The van der Waals surface area contributed by atoms with Gasteiger partial charge >= 0.3 is 6.09 Å². The van der Waals surface area contributed by atoms with Gasteiger partial charge in [-0.3, -0.25) is 0 Å². The first-order valence-electron chi connectivity index (χ1n) is 7.25. The molecule has 1 saturated heterocycles. The molecule has 0 aliphatic carbocycles. The molecule has 1 atom stereocenters. The van der Waals surface area contributed by atoms with Gasteiger partial charge in [-0.05, 0) is 57.6 Å². The molecule has 1 amide bonds. The minimum Gasteiger partial charge on any atom is -0.444 e. The zero-order chi connectivity index (χ0) is 14.7. The Morgan fingerprint density at radius 3 is 2.58 bits per heavy atom. The van der Waals surface area contributed by atoms with Gasteiger partial charge in [0.05, 0.1) is 0 Å². The number of carbonyl (C=O) groups is 1. The molecule has 1 heterocycles. The monoisotopic (exact) mass is 287 g/mol. The van der Waals surface area contributed by atoms with Gasteiger partial charge < -0.3 is 9.64 Å². The lowest BCUT2D eigenvalue weighted by Crippen LogP contribution is -2.51. The van der Waals surface area contributed by atoms with Crippen molar-refractivity contribution < 1.29 is 9.53 Å². The van der Waals surface area contributed by atoms with Crippen LogP contribution in [0.4, 0.5) is 4.79 Å². The summed E-state index contributed by atoms with van der Waals surface area (Å²) in [6.45, 7) is 11.0. The second-order valence-electron chi connectivity index (χ2n) is 7.33. The Bertz CT molecular complexity index is 310. The van der Waals surface area contributed by atoms with Crippen LogP contribution < -0.4 is 0 Å². The van der Waals surface area contributed by atoms with Crippen molar-refractivity contribution in [1.29, 1.82) is 0 Å². The van der Waals surface area contributed by atoms with Gasteiger partial charge in [-0.25, -0.2) is 4.79 Å². The van der Waals surface area contributed by atoms with Crippen LogP contribution in [0.3, 0.4) is 0 Å². The molecule has 0 radical (unpaired) electrons. The summed E-state index contributed by atoms with van der Waals surface area (Å²) in [6, 6.07) is 0.315. The Kier molecular flexibility index (Phi) is 5.60. The molecule has 3 nitrogen and oxygen atoms in total. The fraction of sp³-hybridized carbons (Fsp3) is 0.933. The number of ether oxygens (including phenoxy) is 1. The summed E-state index contributed by atoms with van der Waals surface area (Å²) >= 11 is 4.27. The standard InChI is InChI=1S/C15H29NO2S/c1-14(2,3)18-13(17)16-11-15(4,5)9-8-12(16)7-6-10-19/h12,19H,6-11H2,1-5H3. The highest BCUT2D eigenvalue weighted by atomic mass is 32.1. The first-order valence-corrected chi connectivity index (χ1v) is 7.88. The number of likely N-dealkylation sites (tertiary alicyclic amines) is 1. The normalized spacial score (nSPS) is 23.3. The third kappa shape index (κ3) is 5.64. The highest BCUT2D eigenvalue weighted by Crippen LogP contribution is 2.34. The summed E-state index contributed by atoms with van der Waals surface area (Å²) in [5.41, 5.74) is -0.235. The summed E-state index contributed by atoms with van der Waals surface area (Å²) in [4.78, 5) is 14.3. The maximum atomic E-state index is 12.4. The molecule has 0 aromatic heterocycles. The van der Waals surface area contributed by atoms with Gasteiger partial charge in [0, 0.05) is 12.6 Å². The summed E-state index contributed by atoms with van der Waals surface area (Å²) < 4.78 is 5.55. The largest absolute Gasteiger partial charge is 0.444 e. The Balaban J connectivity index is 2.73. The van der Waals surface area contributed by atoms with E-state index in [4.69, 9.17) is 4.74 Å². The number of rotatable bonds is 3. The Morgan fingerprint density at radius 1 is 1.42 bits per heavy atom. The van der Waals surface area contributed by atoms with Crippen molar-refractivity contribution in [1.82, 2.24) is 4.90 Å². The van der Waals surface area contributed by atoms with E-state index in [2.05, 4.69) is 26.5 Å². The topological polar surface area (TPSA) is 29.5 Å². The molecular weight excluding hydrogens is 258 g/mol. The summed E-state index contributed by atoms with van der Waals surface area (Å²) in [6.07, 6.45) is 4.15. The maximum Gasteiger partial charge on any atom is 0.410 e. The second-order valence-corrected chi connectivity index (χ2v) is 7.78. The van der Waals surface area contributed by atoms with Crippen molar-refractivity contribution >= 4 is 18.7 Å². The minimum absolute atomic E-state index is 0.163. The second kappa shape index (κ2) is 6.38. The number of amides is 1. The summed E-state index contributed by atoms with van der Waals surface area (Å²) in [5.74, 6) is 0.877. The number of thiol groups is 1. The quantitative estimate of drug-likeness (QED) is 0.791. The van der Waals surface area contributed by atoms with Crippen LogP contribution in [0.1, 0.15) is 60.3 Å². The summed E-state index contributed by atoms with van der Waals surface area (Å²) in [7, 11) is 0. The van der Waals surface area contributed by atoms with Crippen LogP contribution in [-0.2, 0) is 4.74 Å². The SMILES string of the molecule is CC1(C)CCC(CCCS)N(C(=O)OC(C)(C)C)C1. The highest BCUT2D eigenvalue weighted by molar-refractivity contribution is 7.80. The summed E-state index contributed by atoms with van der Waals surface area (Å²) in [5, 5.41) is 0. The van der Waals surface area contributed by atoms with E-state index in [9.17, 15) is 4.79 Å². The third-order valence-corrected chi connectivity index (χ3v) is 3.83. The van der Waals surface area contributed by atoms with E-state index >= 15 is 0 Å². The lowest BCUT2D eigenvalue weighted by atomic mass is 9.80. The van der Waals surface area contributed by atoms with Crippen molar-refractivity contribution in [3.63, 3.8) is 0 Å². The molecule has 19 heavy (non-hydrogen) atoms. The molecule has 1 aliphatic heterocycles. The van der Waals surface area contributed by atoms with E-state index in [1.165, 1.54) is 6.42 Å².